The summed E-state index contributed by atoms with van der Waals surface area (Å²) >= 11 is 5.10. The molecule has 0 radical (unpaired) electrons. The molecule has 21 heterocycles. The summed E-state index contributed by atoms with van der Waals surface area (Å²) in [6, 6.07) is 16.7. The van der Waals surface area contributed by atoms with Gasteiger partial charge in [-0.05, 0) is 319 Å². The molecule has 0 spiro atoms. The number of carbonyl (C=O) groups is 4. The minimum Gasteiger partial charge on any atom is -0.347 e. The van der Waals surface area contributed by atoms with Gasteiger partial charge in [-0.3, -0.25) is 38.4 Å². The Morgan fingerprint density at radius 3 is 1.07 bits per heavy atom. The lowest BCUT2D eigenvalue weighted by Gasteiger charge is -2.31. The Labute approximate surface area is 820 Å². The number of aromatic nitrogens is 11. The number of nitrogens with zero attached hydrogens (tertiary/aromatic N) is 15. The molecule has 9 aliphatic heterocycles. The molecule has 0 fully saturated rings. The van der Waals surface area contributed by atoms with Crippen LogP contribution in [0.5, 0.6) is 0 Å². The predicted octanol–water partition coefficient (Wildman–Crippen LogP) is 21.9. The zero-order valence-corrected chi connectivity index (χ0v) is 88.6. The summed E-state index contributed by atoms with van der Waals surface area (Å²) in [5, 5.41) is 12.6. The first-order valence-corrected chi connectivity index (χ1v) is 53.8. The van der Waals surface area contributed by atoms with Crippen LogP contribution in [-0.2, 0) is 129 Å². The van der Waals surface area contributed by atoms with Gasteiger partial charge in [0.1, 0.15) is 9.40 Å². The quantitative estimate of drug-likeness (QED) is 0.140. The number of hydrogen-bond acceptors (Lipinski definition) is 13. The molecule has 12 aromatic rings. The average Bonchev–Trinajstić information content (AvgIpc) is 1.58. The summed E-state index contributed by atoms with van der Waals surface area (Å²) < 4.78 is 20.3. The molecule has 0 aromatic carbocycles. The van der Waals surface area contributed by atoms with E-state index in [0.29, 0.717) is 45.8 Å². The maximum absolute atomic E-state index is 12.4. The topological polar surface area (TPSA) is 220 Å². The van der Waals surface area contributed by atoms with E-state index >= 15 is 0 Å². The van der Waals surface area contributed by atoms with Gasteiger partial charge >= 0.3 is 0 Å². The molecule has 24 rings (SSSR count). The number of aryl methyl sites for hydroxylation is 6. The van der Waals surface area contributed by atoms with Gasteiger partial charge in [0.2, 0.25) is 0 Å². The summed E-state index contributed by atoms with van der Waals surface area (Å²) in [7, 11) is 0. The van der Waals surface area contributed by atoms with E-state index in [1.54, 1.807) is 43.4 Å². The highest BCUT2D eigenvalue weighted by molar-refractivity contribution is 7.19. The molecule has 0 saturated carbocycles. The van der Waals surface area contributed by atoms with Gasteiger partial charge in [0.25, 0.3) is 45.9 Å². The zero-order valence-electron chi connectivity index (χ0n) is 86.2. The summed E-state index contributed by atoms with van der Waals surface area (Å²) in [6.07, 6.45) is 30.8. The molecule has 0 unspecified atom stereocenters. The molecule has 26 heteroatoms. The van der Waals surface area contributed by atoms with Crippen LogP contribution in [0.2, 0.25) is 0 Å². The normalized spacial score (nSPS) is 18.4. The molecule has 0 bridgehead atoms. The van der Waals surface area contributed by atoms with E-state index in [-0.39, 0.29) is 70.0 Å². The van der Waals surface area contributed by atoms with Crippen LogP contribution in [0.4, 0.5) is 0 Å². The number of hydrogen-bond donors (Lipinski definition) is 0. The van der Waals surface area contributed by atoms with Crippen molar-refractivity contribution in [3.05, 3.63) is 213 Å². The van der Waals surface area contributed by atoms with Gasteiger partial charge < -0.3 is 51.6 Å². The summed E-state index contributed by atoms with van der Waals surface area (Å²) in [5.41, 5.74) is 23.1. The molecule has 23 nitrogen and oxygen atoms in total. The zero-order chi connectivity index (χ0) is 98.2. The van der Waals surface area contributed by atoms with Crippen LogP contribution in [0, 0.1) is 21.7 Å². The number of carbonyl (C=O) groups excluding carboxylic acids is 4. The van der Waals surface area contributed by atoms with Crippen molar-refractivity contribution in [2.75, 3.05) is 6.54 Å². The lowest BCUT2D eigenvalue weighted by atomic mass is 9.90. The van der Waals surface area contributed by atoms with Crippen molar-refractivity contribution < 1.29 is 19.2 Å². The maximum Gasteiger partial charge on any atom is 0.284 e. The van der Waals surface area contributed by atoms with Gasteiger partial charge in [-0.15, -0.1) is 34.0 Å². The summed E-state index contributed by atoms with van der Waals surface area (Å²) in [4.78, 5) is 112. The fourth-order valence-electron chi connectivity index (χ4n) is 23.3. The van der Waals surface area contributed by atoms with Crippen molar-refractivity contribution in [3.63, 3.8) is 0 Å². The Kier molecular flexibility index (Phi) is 27.6. The second-order valence-corrected chi connectivity index (χ2v) is 49.5. The van der Waals surface area contributed by atoms with Crippen molar-refractivity contribution in [1.29, 1.82) is 0 Å². The molecule has 137 heavy (non-hydrogen) atoms. The first-order valence-electron chi connectivity index (χ1n) is 51.3. The van der Waals surface area contributed by atoms with Crippen LogP contribution < -0.4 is 22.2 Å². The lowest BCUT2D eigenvalue weighted by Crippen LogP contribution is -2.42. The Morgan fingerprint density at radius 2 is 0.672 bits per heavy atom. The highest BCUT2D eigenvalue weighted by Crippen LogP contribution is 2.49. The highest BCUT2D eigenvalue weighted by atomic mass is 32.1. The van der Waals surface area contributed by atoms with Crippen LogP contribution >= 0.6 is 34.0 Å². The van der Waals surface area contributed by atoms with Crippen molar-refractivity contribution in [2.45, 2.75) is 395 Å². The van der Waals surface area contributed by atoms with E-state index in [4.69, 9.17) is 0 Å². The SMILES string of the molecule is CC(C)N1CCc2c(cc3n2CC(C)(C)C3)C1=O.CC(C)N1Cc2c(cc3n2CCCC3)C1=O.CC(C)N1Cc2c(cc3n2CCCC3)C1=O.CC(C)N1Cc2c(sc3c2CC(C)(C)C3)C1=O.CC(C)n1ccc2c(cc3n2CCCC3)c1=O.CC(C)n1ccc2c(cc3n2CCCC3)c1=O.CC(C)n1ncc2c3c(sc2c1=O)CC(C)(C)C3.CC(C)n1ncc2c3c(sc2c1=O)CC(C)(C)C3. The molecular weight excluding hydrogens is 1770 g/mol. The molecule has 0 N–H and O–H groups in total. The van der Waals surface area contributed by atoms with E-state index in [9.17, 15) is 38.4 Å². The molecular formula is C111H149N15O8S3. The Hall–Kier alpha value is -9.92. The molecule has 0 saturated heterocycles. The van der Waals surface area contributed by atoms with Gasteiger partial charge in [-0.2, -0.15) is 10.2 Å². The van der Waals surface area contributed by atoms with E-state index in [1.165, 1.54) is 134 Å². The molecule has 734 valence electrons. The van der Waals surface area contributed by atoms with Crippen molar-refractivity contribution in [2.24, 2.45) is 21.7 Å². The summed E-state index contributed by atoms with van der Waals surface area (Å²) in [5.74, 6) is 0.942. The molecule has 0 atom stereocenters. The first kappa shape index (κ1) is 98.7. The summed E-state index contributed by atoms with van der Waals surface area (Å²) in [6.45, 7) is 60.0. The largest absolute Gasteiger partial charge is 0.347 e. The molecule has 12 aliphatic rings. The number of pyridine rings is 2. The fraction of sp³-hybridized carbons (Fsp3) is 0.586. The van der Waals surface area contributed by atoms with Crippen molar-refractivity contribution >= 4 is 99.6 Å². The van der Waals surface area contributed by atoms with E-state index < -0.39 is 0 Å². The van der Waals surface area contributed by atoms with Gasteiger partial charge in [0, 0.05) is 160 Å². The van der Waals surface area contributed by atoms with Crippen LogP contribution in [-0.4, -0.2) is 125 Å². The third kappa shape index (κ3) is 19.1. The van der Waals surface area contributed by atoms with Gasteiger partial charge in [-0.1, -0.05) is 55.4 Å². The minimum atomic E-state index is 0.0692. The van der Waals surface area contributed by atoms with E-state index in [1.807, 2.05) is 109 Å². The maximum atomic E-state index is 12.4. The third-order valence-electron chi connectivity index (χ3n) is 30.4. The fourth-order valence-corrected chi connectivity index (χ4v) is 27.8. The smallest absolute Gasteiger partial charge is 0.284 e. The predicted molar refractivity (Wildman–Crippen MR) is 557 cm³/mol. The molecule has 4 amide bonds. The second kappa shape index (κ2) is 38.3. The first-order chi connectivity index (χ1) is 64.8. The highest BCUT2D eigenvalue weighted by Gasteiger charge is 2.43. The van der Waals surface area contributed by atoms with Crippen LogP contribution in [0.3, 0.4) is 0 Å². The average molecular weight is 1920 g/mol. The minimum absolute atomic E-state index is 0.0692. The van der Waals surface area contributed by atoms with Crippen molar-refractivity contribution in [3.8, 4) is 0 Å². The second-order valence-electron chi connectivity index (χ2n) is 46.2. The van der Waals surface area contributed by atoms with E-state index in [2.05, 4.69) is 186 Å². The van der Waals surface area contributed by atoms with Crippen LogP contribution in [0.25, 0.3) is 42.0 Å². The van der Waals surface area contributed by atoms with Crippen molar-refractivity contribution in [1.82, 2.24) is 71.1 Å². The van der Waals surface area contributed by atoms with Gasteiger partial charge in [0.05, 0.1) is 92.3 Å². The van der Waals surface area contributed by atoms with Gasteiger partial charge in [-0.25, -0.2) is 9.36 Å². The standard InChI is InChI=1S/C15H22N2O.2C14H18N2OS.2C14H18N2O.C14H19NOS.2C13H18N2O/c1-10(2)16-6-5-13-12(14(16)18)7-11-8-15(3,4)9-17(11)13;2*1-8(2)16-13(17)12-10(7-15-16)9-5-14(3,4)6-11(9)18-12;2*1-10(2)15-8-6-13-12(14(15)17)9-11-5-3-4-7-16(11)13;1-8(2)15-7-10-9-5-14(3,4)6-11(9)17-12(10)13(15)16;2*1-9(2)15-8-12-11(13(15)16)7-10-5-3-4-6-14(10)12/h7,10H,5-6,8-9H2,1-4H3;2*7-8H,5-6H2,1-4H3;2*6,8-10H,3-5,7H2,1-2H3;8H,5-7H2,1-4H3;2*7,9H,3-6,8H2,1-2H3. The van der Waals surface area contributed by atoms with Crippen LogP contribution in [0.1, 0.15) is 365 Å². The number of thiophene rings is 3. The monoisotopic (exact) mass is 1920 g/mol. The number of rotatable bonds is 8. The molecule has 3 aliphatic carbocycles. The Bertz CT molecular complexity index is 6630. The number of fused-ring (bicyclic) bond motifs is 24. The van der Waals surface area contributed by atoms with Crippen LogP contribution in [0.15, 0.2) is 86.4 Å². The third-order valence-corrected chi connectivity index (χ3v) is 34.1. The lowest BCUT2D eigenvalue weighted by molar-refractivity contribution is 0.0682. The number of amides is 4. The molecule has 12 aromatic heterocycles. The Morgan fingerprint density at radius 1 is 0.307 bits per heavy atom. The van der Waals surface area contributed by atoms with E-state index in [0.717, 1.165) is 199 Å². The Balaban J connectivity index is 0.000000109. The van der Waals surface area contributed by atoms with Gasteiger partial charge in [0.15, 0.2) is 0 Å².